The van der Waals surface area contributed by atoms with Crippen LogP contribution in [0.1, 0.15) is 23.8 Å². The Morgan fingerprint density at radius 1 is 1.25 bits per heavy atom. The first-order valence-corrected chi connectivity index (χ1v) is 10.4. The summed E-state index contributed by atoms with van der Waals surface area (Å²) < 4.78 is 6.72. The highest BCUT2D eigenvalue weighted by atomic mass is 35.5. The number of benzene rings is 1. The zero-order valence-electron chi connectivity index (χ0n) is 15.8. The van der Waals surface area contributed by atoms with E-state index in [1.807, 2.05) is 24.3 Å². The highest BCUT2D eigenvalue weighted by molar-refractivity contribution is 7.10. The van der Waals surface area contributed by atoms with Gasteiger partial charge in [0.05, 0.1) is 29.7 Å². The summed E-state index contributed by atoms with van der Waals surface area (Å²) in [5.41, 5.74) is 2.43. The van der Waals surface area contributed by atoms with Gasteiger partial charge in [-0.2, -0.15) is 5.10 Å². The van der Waals surface area contributed by atoms with Crippen LogP contribution >= 0.6 is 22.9 Å². The molecule has 0 bridgehead atoms. The van der Waals surface area contributed by atoms with E-state index < -0.39 is 0 Å². The minimum Gasteiger partial charge on any atom is -0.496 e. The summed E-state index contributed by atoms with van der Waals surface area (Å²) in [7, 11) is 3.28. The monoisotopic (exact) mass is 416 g/mol. The first-order chi connectivity index (χ1) is 13.6. The number of halogens is 1. The predicted octanol–water partition coefficient (Wildman–Crippen LogP) is 3.95. The Morgan fingerprint density at radius 2 is 2.00 bits per heavy atom. The lowest BCUT2D eigenvalue weighted by Gasteiger charge is -2.32. The summed E-state index contributed by atoms with van der Waals surface area (Å²) in [6, 6.07) is 7.94. The summed E-state index contributed by atoms with van der Waals surface area (Å²) in [6.45, 7) is 1.64. The van der Waals surface area contributed by atoms with E-state index in [1.54, 1.807) is 31.7 Å². The van der Waals surface area contributed by atoms with Crippen LogP contribution in [0, 0.1) is 0 Å². The number of hydrogen-bond acceptors (Lipinski definition) is 6. The van der Waals surface area contributed by atoms with E-state index in [9.17, 15) is 4.79 Å². The molecule has 3 heterocycles. The normalized spacial score (nSPS) is 15.0. The number of thiazole rings is 1. The van der Waals surface area contributed by atoms with Crippen molar-refractivity contribution in [1.29, 1.82) is 0 Å². The largest absolute Gasteiger partial charge is 0.496 e. The van der Waals surface area contributed by atoms with Crippen molar-refractivity contribution in [3.8, 4) is 17.0 Å². The number of nitrogens with zero attached hydrogens (tertiary/aromatic N) is 4. The van der Waals surface area contributed by atoms with Crippen molar-refractivity contribution in [2.24, 2.45) is 7.05 Å². The zero-order valence-corrected chi connectivity index (χ0v) is 17.3. The van der Waals surface area contributed by atoms with Crippen LogP contribution in [-0.2, 0) is 7.05 Å². The third-order valence-corrected chi connectivity index (χ3v) is 6.51. The van der Waals surface area contributed by atoms with Gasteiger partial charge in [-0.05, 0) is 25.0 Å². The van der Waals surface area contributed by atoms with Crippen LogP contribution in [0.3, 0.4) is 0 Å². The highest BCUT2D eigenvalue weighted by Gasteiger charge is 2.25. The lowest BCUT2D eigenvalue weighted by Crippen LogP contribution is -2.35. The summed E-state index contributed by atoms with van der Waals surface area (Å²) in [5, 5.41) is 7.59. The van der Waals surface area contributed by atoms with Crippen LogP contribution in [0.4, 0.5) is 5.69 Å². The van der Waals surface area contributed by atoms with Crippen LogP contribution in [0.25, 0.3) is 11.3 Å². The van der Waals surface area contributed by atoms with E-state index in [1.165, 1.54) is 4.68 Å². The van der Waals surface area contributed by atoms with Gasteiger partial charge >= 0.3 is 0 Å². The van der Waals surface area contributed by atoms with Gasteiger partial charge in [0.15, 0.2) is 0 Å². The summed E-state index contributed by atoms with van der Waals surface area (Å²) in [5.74, 6) is 1.24. The third-order valence-electron chi connectivity index (χ3n) is 5.15. The predicted molar refractivity (Wildman–Crippen MR) is 113 cm³/mol. The minimum absolute atomic E-state index is 0.239. The molecular weight excluding hydrogens is 396 g/mol. The standard InChI is InChI=1S/C20H21ClN4O2S/c1-24-20(26)18(21)16(11-22-24)25-9-7-13(8-10-25)19-23-15(12-28-19)14-5-3-4-6-17(14)27-2/h3-6,11-13H,7-10H2,1-2H3. The molecule has 3 aromatic rings. The van der Waals surface area contributed by atoms with Gasteiger partial charge in [0.1, 0.15) is 10.8 Å². The number of para-hydroxylation sites is 1. The molecule has 0 aliphatic carbocycles. The van der Waals surface area contributed by atoms with Crippen LogP contribution < -0.4 is 15.2 Å². The second-order valence-electron chi connectivity index (χ2n) is 6.81. The molecule has 28 heavy (non-hydrogen) atoms. The van der Waals surface area contributed by atoms with Gasteiger partial charge in [-0.3, -0.25) is 4.79 Å². The number of anilines is 1. The van der Waals surface area contributed by atoms with Crippen molar-refractivity contribution in [2.45, 2.75) is 18.8 Å². The Balaban J connectivity index is 1.49. The Morgan fingerprint density at radius 3 is 2.75 bits per heavy atom. The summed E-state index contributed by atoms with van der Waals surface area (Å²) in [6.07, 6.45) is 3.60. The number of piperidine rings is 1. The van der Waals surface area contributed by atoms with Crippen molar-refractivity contribution >= 4 is 28.6 Å². The average molecular weight is 417 g/mol. The molecule has 8 heteroatoms. The third kappa shape index (κ3) is 3.52. The Kier molecular flexibility index (Phi) is 5.37. The summed E-state index contributed by atoms with van der Waals surface area (Å²) >= 11 is 7.95. The van der Waals surface area contributed by atoms with Crippen LogP contribution in [0.15, 0.2) is 40.6 Å². The Bertz CT molecular complexity index is 1040. The van der Waals surface area contributed by atoms with Crippen molar-refractivity contribution in [2.75, 3.05) is 25.1 Å². The maximum atomic E-state index is 12.0. The molecule has 0 unspecified atom stereocenters. The van der Waals surface area contributed by atoms with Crippen molar-refractivity contribution in [3.63, 3.8) is 0 Å². The average Bonchev–Trinajstić information content (AvgIpc) is 3.22. The number of hydrogen-bond donors (Lipinski definition) is 0. The second-order valence-corrected chi connectivity index (χ2v) is 8.07. The van der Waals surface area contributed by atoms with Gasteiger partial charge in [-0.15, -0.1) is 11.3 Å². The van der Waals surface area contributed by atoms with E-state index in [0.717, 1.165) is 53.6 Å². The minimum atomic E-state index is -0.261. The molecule has 1 aromatic carbocycles. The van der Waals surface area contributed by atoms with Gasteiger partial charge < -0.3 is 9.64 Å². The maximum Gasteiger partial charge on any atom is 0.287 e. The van der Waals surface area contributed by atoms with Gasteiger partial charge in [-0.25, -0.2) is 9.67 Å². The number of ether oxygens (including phenoxy) is 1. The van der Waals surface area contributed by atoms with Gasteiger partial charge in [0, 0.05) is 37.0 Å². The van der Waals surface area contributed by atoms with Crippen molar-refractivity contribution in [1.82, 2.24) is 14.8 Å². The molecular formula is C20H21ClN4O2S. The molecule has 146 valence electrons. The first-order valence-electron chi connectivity index (χ1n) is 9.14. The molecule has 0 atom stereocenters. The number of aromatic nitrogens is 3. The smallest absolute Gasteiger partial charge is 0.287 e. The van der Waals surface area contributed by atoms with Crippen molar-refractivity contribution < 1.29 is 4.74 Å². The molecule has 0 N–H and O–H groups in total. The molecule has 4 rings (SSSR count). The molecule has 0 radical (unpaired) electrons. The second kappa shape index (κ2) is 7.93. The lowest BCUT2D eigenvalue weighted by atomic mass is 9.97. The van der Waals surface area contributed by atoms with E-state index >= 15 is 0 Å². The number of rotatable bonds is 4. The van der Waals surface area contributed by atoms with E-state index in [4.69, 9.17) is 21.3 Å². The van der Waals surface area contributed by atoms with Crippen molar-refractivity contribution in [3.05, 3.63) is 56.2 Å². The zero-order chi connectivity index (χ0) is 19.7. The SMILES string of the molecule is COc1ccccc1-c1csc(C2CCN(c3cnn(C)c(=O)c3Cl)CC2)n1. The molecule has 1 aliphatic heterocycles. The quantitative estimate of drug-likeness (QED) is 0.644. The molecule has 6 nitrogen and oxygen atoms in total. The van der Waals surface area contributed by atoms with Gasteiger partial charge in [0.2, 0.25) is 0 Å². The molecule has 0 amide bonds. The van der Waals surface area contributed by atoms with Crippen LogP contribution in [0.5, 0.6) is 5.75 Å². The molecule has 1 saturated heterocycles. The molecule has 0 saturated carbocycles. The number of methoxy groups -OCH3 is 1. The molecule has 1 aliphatic rings. The van der Waals surface area contributed by atoms with E-state index in [-0.39, 0.29) is 10.6 Å². The fraction of sp³-hybridized carbons (Fsp3) is 0.350. The highest BCUT2D eigenvalue weighted by Crippen LogP contribution is 2.37. The fourth-order valence-electron chi connectivity index (χ4n) is 3.54. The number of aryl methyl sites for hydroxylation is 1. The van der Waals surface area contributed by atoms with Gasteiger partial charge in [0.25, 0.3) is 5.56 Å². The van der Waals surface area contributed by atoms with E-state index in [0.29, 0.717) is 5.92 Å². The molecule has 0 spiro atoms. The topological polar surface area (TPSA) is 60.2 Å². The maximum absolute atomic E-state index is 12.0. The molecule has 1 fully saturated rings. The van der Waals surface area contributed by atoms with Gasteiger partial charge in [-0.1, -0.05) is 23.7 Å². The van der Waals surface area contributed by atoms with Crippen LogP contribution in [0.2, 0.25) is 5.02 Å². The fourth-order valence-corrected chi connectivity index (χ4v) is 4.83. The Hall–Kier alpha value is -2.38. The summed E-state index contributed by atoms with van der Waals surface area (Å²) in [4.78, 5) is 19.1. The molecule has 2 aromatic heterocycles. The first kappa shape index (κ1) is 19.0. The van der Waals surface area contributed by atoms with E-state index in [2.05, 4.69) is 15.4 Å². The lowest BCUT2D eigenvalue weighted by molar-refractivity contribution is 0.416. The van der Waals surface area contributed by atoms with Crippen LogP contribution in [-0.4, -0.2) is 35.0 Å². The Labute approximate surface area is 172 Å².